The average Bonchev–Trinajstić information content (AvgIpc) is 2.83. The number of esters is 1. The number of amides is 1. The summed E-state index contributed by atoms with van der Waals surface area (Å²) >= 11 is 0. The number of nitrogens with one attached hydrogen (secondary N) is 1. The minimum Gasteiger partial charge on any atom is -0.550 e. The molecule has 0 aliphatic heterocycles. The van der Waals surface area contributed by atoms with Crippen LogP contribution in [0.4, 0.5) is 4.79 Å². The van der Waals surface area contributed by atoms with Gasteiger partial charge in [-0.2, -0.15) is 0 Å². The van der Waals surface area contributed by atoms with Gasteiger partial charge >= 0.3 is 12.1 Å². The Bertz CT molecular complexity index is 780. The maximum atomic E-state index is 11.9. The summed E-state index contributed by atoms with van der Waals surface area (Å²) < 4.78 is 10.0. The monoisotopic (exact) mass is 504 g/mol. The quantitative estimate of drug-likeness (QED) is 0.525. The highest BCUT2D eigenvalue weighted by Gasteiger charge is 2.27. The van der Waals surface area contributed by atoms with E-state index in [2.05, 4.69) is 10.6 Å². The van der Waals surface area contributed by atoms with E-state index in [0.717, 1.165) is 17.6 Å². The molecule has 2 fully saturated rings. The van der Waals surface area contributed by atoms with Crippen LogP contribution in [0.1, 0.15) is 97.0 Å². The van der Waals surface area contributed by atoms with Crippen molar-refractivity contribution in [2.24, 2.45) is 0 Å². The van der Waals surface area contributed by atoms with E-state index >= 15 is 0 Å². The van der Waals surface area contributed by atoms with Gasteiger partial charge in [-0.3, -0.25) is 0 Å². The molecule has 0 heterocycles. The Morgan fingerprint density at radius 3 is 1.94 bits per heavy atom. The molecule has 1 aromatic carbocycles. The van der Waals surface area contributed by atoms with Crippen LogP contribution in [0.15, 0.2) is 30.3 Å². The van der Waals surface area contributed by atoms with Crippen LogP contribution in [0.3, 0.4) is 0 Å². The summed E-state index contributed by atoms with van der Waals surface area (Å²) in [7, 11) is 0. The van der Waals surface area contributed by atoms with Crippen molar-refractivity contribution >= 4 is 18.0 Å². The Kier molecular flexibility index (Phi) is 12.7. The molecular formula is C28H44N2O6. The van der Waals surface area contributed by atoms with Crippen molar-refractivity contribution in [3.63, 3.8) is 0 Å². The Morgan fingerprint density at radius 2 is 1.47 bits per heavy atom. The summed E-state index contributed by atoms with van der Waals surface area (Å²) in [6.07, 6.45) is 13.3. The molecule has 1 atom stereocenters. The van der Waals surface area contributed by atoms with E-state index in [4.69, 9.17) is 9.47 Å². The van der Waals surface area contributed by atoms with Gasteiger partial charge in [0.15, 0.2) is 0 Å². The molecule has 0 aromatic heterocycles. The summed E-state index contributed by atoms with van der Waals surface area (Å²) in [4.78, 5) is 34.4. The van der Waals surface area contributed by atoms with Gasteiger partial charge in [0.05, 0.1) is 12.1 Å². The number of quaternary nitrogens is 1. The van der Waals surface area contributed by atoms with Crippen LogP contribution in [0.5, 0.6) is 0 Å². The maximum Gasteiger partial charge on any atom is 0.408 e. The minimum absolute atomic E-state index is 0.000959. The van der Waals surface area contributed by atoms with E-state index in [1.807, 2.05) is 6.07 Å². The van der Waals surface area contributed by atoms with Crippen molar-refractivity contribution in [1.29, 1.82) is 0 Å². The molecule has 202 valence electrons. The van der Waals surface area contributed by atoms with Crippen molar-refractivity contribution in [2.75, 3.05) is 0 Å². The van der Waals surface area contributed by atoms with Crippen LogP contribution < -0.4 is 15.7 Å². The fraction of sp³-hybridized carbons (Fsp3) is 0.679. The number of hydrogen-bond acceptors (Lipinski definition) is 6. The molecule has 1 aromatic rings. The number of carbonyl (C=O) groups is 3. The number of benzene rings is 1. The van der Waals surface area contributed by atoms with E-state index < -0.39 is 36.1 Å². The smallest absolute Gasteiger partial charge is 0.408 e. The van der Waals surface area contributed by atoms with Gasteiger partial charge in [0, 0.05) is 12.4 Å². The summed E-state index contributed by atoms with van der Waals surface area (Å²) in [5.41, 5.74) is -0.0481. The predicted molar refractivity (Wildman–Crippen MR) is 135 cm³/mol. The topological polar surface area (TPSA) is 121 Å². The highest BCUT2D eigenvalue weighted by Crippen LogP contribution is 2.18. The van der Waals surface area contributed by atoms with Gasteiger partial charge in [0.25, 0.3) is 0 Å². The van der Waals surface area contributed by atoms with Gasteiger partial charge in [0.1, 0.15) is 18.2 Å². The lowest BCUT2D eigenvalue weighted by Gasteiger charge is -2.27. The third kappa shape index (κ3) is 12.9. The van der Waals surface area contributed by atoms with Crippen molar-refractivity contribution in [3.8, 4) is 0 Å². The molecule has 0 saturated heterocycles. The van der Waals surface area contributed by atoms with Gasteiger partial charge in [-0.25, -0.2) is 9.59 Å². The molecule has 3 rings (SSSR count). The van der Waals surface area contributed by atoms with Crippen LogP contribution >= 0.6 is 0 Å². The lowest BCUT2D eigenvalue weighted by molar-refractivity contribution is -0.725. The standard InChI is InChI=1S/C16H21NO6.C12H23N/c1-16(2,3)23-14(20)12(9-13(18)19)17-15(21)22-10-11-7-5-4-6-8-11;1-3-7-11(8-4-1)13-12-9-5-2-6-10-12/h4-8,12H,9-10H2,1-3H3,(H,17,21)(H,18,19);11-13H,1-10H2/t12-;/m0./s1. The van der Waals surface area contributed by atoms with Gasteiger partial charge in [-0.1, -0.05) is 43.2 Å². The van der Waals surface area contributed by atoms with Crippen LogP contribution in [-0.2, 0) is 25.7 Å². The molecule has 8 nitrogen and oxygen atoms in total. The number of carbonyl (C=O) groups excluding carboxylic acids is 3. The number of hydrogen-bond donors (Lipinski definition) is 2. The summed E-state index contributed by atoms with van der Waals surface area (Å²) in [5.74, 6) is -2.34. The third-order valence-electron chi connectivity index (χ3n) is 6.41. The van der Waals surface area contributed by atoms with E-state index in [1.54, 1.807) is 45.0 Å². The molecule has 3 N–H and O–H groups in total. The summed E-state index contributed by atoms with van der Waals surface area (Å²) in [5, 5.41) is 15.6. The first-order valence-electron chi connectivity index (χ1n) is 13.4. The van der Waals surface area contributed by atoms with Crippen LogP contribution in [0, 0.1) is 0 Å². The number of ether oxygens (including phenoxy) is 2. The Labute approximate surface area is 215 Å². The number of rotatable bonds is 8. The molecule has 0 bridgehead atoms. The normalized spacial score (nSPS) is 17.8. The van der Waals surface area contributed by atoms with Gasteiger partial charge < -0.3 is 30.0 Å². The fourth-order valence-electron chi connectivity index (χ4n) is 4.68. The third-order valence-corrected chi connectivity index (χ3v) is 6.41. The molecule has 8 heteroatoms. The first-order valence-corrected chi connectivity index (χ1v) is 13.4. The van der Waals surface area contributed by atoms with Gasteiger partial charge in [-0.05, 0) is 77.7 Å². The van der Waals surface area contributed by atoms with Crippen LogP contribution in [-0.4, -0.2) is 41.8 Å². The number of carboxylic acids is 1. The zero-order valence-electron chi connectivity index (χ0n) is 22.1. The van der Waals surface area contributed by atoms with Crippen molar-refractivity contribution in [3.05, 3.63) is 35.9 Å². The molecule has 0 radical (unpaired) electrons. The number of nitrogens with two attached hydrogens (primary N) is 1. The van der Waals surface area contributed by atoms with Crippen molar-refractivity contribution in [1.82, 2.24) is 5.32 Å². The number of alkyl carbamates (subject to hydrolysis) is 1. The lowest BCUT2D eigenvalue weighted by atomic mass is 9.91. The molecule has 0 spiro atoms. The molecule has 2 saturated carbocycles. The Hall–Kier alpha value is -2.61. The predicted octanol–water partition coefficient (Wildman–Crippen LogP) is 2.98. The molecule has 0 unspecified atom stereocenters. The lowest BCUT2D eigenvalue weighted by Crippen LogP contribution is -2.95. The van der Waals surface area contributed by atoms with E-state index in [0.29, 0.717) is 0 Å². The largest absolute Gasteiger partial charge is 0.550 e. The number of aliphatic carboxylic acids is 1. The first kappa shape index (κ1) is 29.6. The minimum atomic E-state index is -1.48. The SMILES string of the molecule is C1CCC([NH2+]C2CCCCC2)CC1.CC(C)(C)OC(=O)[C@H](CC(=O)[O-])NC(=O)OCc1ccccc1. The van der Waals surface area contributed by atoms with E-state index in [-0.39, 0.29) is 6.61 Å². The average molecular weight is 505 g/mol. The Balaban J connectivity index is 0.000000293. The second kappa shape index (κ2) is 15.5. The molecule has 2 aliphatic carbocycles. The molecule has 1 amide bonds. The molecule has 2 aliphatic rings. The van der Waals surface area contributed by atoms with Gasteiger partial charge in [0.2, 0.25) is 0 Å². The van der Waals surface area contributed by atoms with E-state index in [1.165, 1.54) is 64.2 Å². The van der Waals surface area contributed by atoms with Crippen LogP contribution in [0.2, 0.25) is 0 Å². The molecular weight excluding hydrogens is 460 g/mol. The molecule has 36 heavy (non-hydrogen) atoms. The highest BCUT2D eigenvalue weighted by atomic mass is 16.6. The van der Waals surface area contributed by atoms with Crippen molar-refractivity contribution in [2.45, 2.75) is 122 Å². The fourth-order valence-corrected chi connectivity index (χ4v) is 4.68. The highest BCUT2D eigenvalue weighted by molar-refractivity contribution is 5.85. The van der Waals surface area contributed by atoms with Crippen molar-refractivity contribution < 1.29 is 34.3 Å². The van der Waals surface area contributed by atoms with E-state index in [9.17, 15) is 19.5 Å². The Morgan fingerprint density at radius 1 is 0.944 bits per heavy atom. The zero-order valence-corrected chi connectivity index (χ0v) is 22.1. The summed E-state index contributed by atoms with van der Waals surface area (Å²) in [6, 6.07) is 9.55. The second-order valence-corrected chi connectivity index (χ2v) is 10.9. The van der Waals surface area contributed by atoms with Gasteiger partial charge in [-0.15, -0.1) is 0 Å². The zero-order chi connectivity index (χ0) is 26.4. The maximum absolute atomic E-state index is 11.9. The second-order valence-electron chi connectivity index (χ2n) is 10.9. The summed E-state index contributed by atoms with van der Waals surface area (Å²) in [6.45, 7) is 4.90. The first-order chi connectivity index (χ1) is 17.1. The van der Waals surface area contributed by atoms with Crippen LogP contribution in [0.25, 0.3) is 0 Å². The number of carboxylic acid groups (broad SMARTS) is 1.